The topological polar surface area (TPSA) is 9.23 Å². The van der Waals surface area contributed by atoms with Gasteiger partial charge in [0.05, 0.1) is 6.61 Å². The fourth-order valence-corrected chi connectivity index (χ4v) is 0.851. The van der Waals surface area contributed by atoms with Crippen molar-refractivity contribution in [2.45, 2.75) is 19.8 Å². The van der Waals surface area contributed by atoms with Gasteiger partial charge in [0, 0.05) is 0 Å². The van der Waals surface area contributed by atoms with E-state index >= 15 is 0 Å². The molecule has 0 spiro atoms. The Morgan fingerprint density at radius 1 is 1.17 bits per heavy atom. The van der Waals surface area contributed by atoms with Gasteiger partial charge >= 0.3 is 26.2 Å². The second-order valence-electron chi connectivity index (χ2n) is 2.52. The van der Waals surface area contributed by atoms with Crippen LogP contribution >= 0.6 is 0 Å². The minimum atomic E-state index is 0. The first-order valence-electron chi connectivity index (χ1n) is 4.11. The van der Waals surface area contributed by atoms with Crippen molar-refractivity contribution in [3.05, 3.63) is 30.3 Å². The first kappa shape index (κ1) is 11.9. The Morgan fingerprint density at radius 2 is 1.83 bits per heavy atom. The predicted molar refractivity (Wildman–Crippen MR) is 56.8 cm³/mol. The summed E-state index contributed by atoms with van der Waals surface area (Å²) in [6, 6.07) is 9.93. The molecule has 0 aliphatic carbocycles. The molecule has 0 unspecified atom stereocenters. The summed E-state index contributed by atoms with van der Waals surface area (Å²) in [4.78, 5) is 0. The van der Waals surface area contributed by atoms with Gasteiger partial charge in [-0.15, -0.1) is 0 Å². The van der Waals surface area contributed by atoms with Crippen molar-refractivity contribution in [2.24, 2.45) is 0 Å². The predicted octanol–water partition coefficient (Wildman–Crippen LogP) is 1.68. The van der Waals surface area contributed by atoms with Crippen LogP contribution in [0.3, 0.4) is 0 Å². The van der Waals surface area contributed by atoms with E-state index in [1.54, 1.807) is 0 Å². The van der Waals surface area contributed by atoms with E-state index in [0.29, 0.717) is 0 Å². The standard InChI is InChI=1S/C10H14O.Bi.3H/c1-2-3-9-11-10-7-5-4-6-8-10;;;;/h4-8H,2-3,9H2,1H3;;;;. The Labute approximate surface area is 93.3 Å². The van der Waals surface area contributed by atoms with Gasteiger partial charge in [0.2, 0.25) is 0 Å². The number of para-hydroxylation sites is 1. The molecular formula is C10H17BiO. The molecule has 0 N–H and O–H groups in total. The summed E-state index contributed by atoms with van der Waals surface area (Å²) in [6.45, 7) is 2.99. The number of hydrogen-bond acceptors (Lipinski definition) is 1. The van der Waals surface area contributed by atoms with Gasteiger partial charge in [0.25, 0.3) is 0 Å². The second-order valence-corrected chi connectivity index (χ2v) is 2.52. The minimum absolute atomic E-state index is 0. The van der Waals surface area contributed by atoms with Crippen LogP contribution in [0.2, 0.25) is 0 Å². The van der Waals surface area contributed by atoms with Gasteiger partial charge in [-0.1, -0.05) is 31.5 Å². The third kappa shape index (κ3) is 4.71. The molecular weight excluding hydrogens is 345 g/mol. The Bertz CT molecular complexity index is 186. The molecule has 1 aromatic rings. The molecule has 0 radical (unpaired) electrons. The third-order valence-electron chi connectivity index (χ3n) is 1.51. The van der Waals surface area contributed by atoms with E-state index in [9.17, 15) is 0 Å². The fraction of sp³-hybridized carbons (Fsp3) is 0.400. The maximum atomic E-state index is 5.45. The zero-order chi connectivity index (χ0) is 7.94. The van der Waals surface area contributed by atoms with Crippen LogP contribution in [-0.4, -0.2) is 32.8 Å². The molecule has 0 aliphatic heterocycles. The van der Waals surface area contributed by atoms with Crippen molar-refractivity contribution in [1.82, 2.24) is 0 Å². The maximum absolute atomic E-state index is 5.45. The zero-order valence-corrected chi connectivity index (χ0v) is 13.1. The molecule has 0 saturated carbocycles. The van der Waals surface area contributed by atoms with E-state index < -0.39 is 0 Å². The number of ether oxygens (including phenoxy) is 1. The zero-order valence-electron chi connectivity index (χ0n) is 7.62. The van der Waals surface area contributed by atoms with Gasteiger partial charge in [0.15, 0.2) is 0 Å². The number of unbranched alkanes of at least 4 members (excludes halogenated alkanes) is 1. The van der Waals surface area contributed by atoms with E-state index in [2.05, 4.69) is 6.92 Å². The van der Waals surface area contributed by atoms with Crippen molar-refractivity contribution >= 4 is 26.2 Å². The van der Waals surface area contributed by atoms with Crippen molar-refractivity contribution in [2.75, 3.05) is 6.61 Å². The summed E-state index contributed by atoms with van der Waals surface area (Å²) in [5.74, 6) is 0.973. The molecule has 0 bridgehead atoms. The average Bonchev–Trinajstić information content (AvgIpc) is 2.07. The van der Waals surface area contributed by atoms with Crippen molar-refractivity contribution < 1.29 is 4.74 Å². The van der Waals surface area contributed by atoms with Crippen LogP contribution in [0.4, 0.5) is 0 Å². The molecule has 0 saturated heterocycles. The first-order valence-corrected chi connectivity index (χ1v) is 4.11. The number of benzene rings is 1. The molecule has 68 valence electrons. The molecule has 0 atom stereocenters. The van der Waals surface area contributed by atoms with Gasteiger partial charge in [-0.3, -0.25) is 0 Å². The Morgan fingerprint density at radius 3 is 2.42 bits per heavy atom. The van der Waals surface area contributed by atoms with E-state index in [1.807, 2.05) is 30.3 Å². The average molecular weight is 362 g/mol. The van der Waals surface area contributed by atoms with Crippen molar-refractivity contribution in [3.8, 4) is 5.75 Å². The van der Waals surface area contributed by atoms with Gasteiger partial charge in [0.1, 0.15) is 5.75 Å². The quantitative estimate of drug-likeness (QED) is 0.585. The van der Waals surface area contributed by atoms with Gasteiger partial charge in [-0.25, -0.2) is 0 Å². The molecule has 12 heavy (non-hydrogen) atoms. The number of hydrogen-bond donors (Lipinski definition) is 0. The van der Waals surface area contributed by atoms with E-state index in [-0.39, 0.29) is 26.2 Å². The van der Waals surface area contributed by atoms with Gasteiger partial charge in [-0.05, 0) is 18.6 Å². The third-order valence-corrected chi connectivity index (χ3v) is 1.51. The second kappa shape index (κ2) is 7.55. The molecule has 2 heteroatoms. The summed E-state index contributed by atoms with van der Waals surface area (Å²) >= 11 is 0. The summed E-state index contributed by atoms with van der Waals surface area (Å²) < 4.78 is 5.45. The summed E-state index contributed by atoms with van der Waals surface area (Å²) in [5, 5.41) is 0. The van der Waals surface area contributed by atoms with E-state index in [4.69, 9.17) is 4.74 Å². The van der Waals surface area contributed by atoms with E-state index in [0.717, 1.165) is 18.8 Å². The van der Waals surface area contributed by atoms with Crippen LogP contribution in [-0.2, 0) is 0 Å². The molecule has 1 nitrogen and oxygen atoms in total. The molecule has 0 fully saturated rings. The summed E-state index contributed by atoms with van der Waals surface area (Å²) in [6.07, 6.45) is 2.32. The fourth-order valence-electron chi connectivity index (χ4n) is 0.851. The Balaban J connectivity index is 0.00000121. The van der Waals surface area contributed by atoms with Gasteiger partial charge < -0.3 is 4.74 Å². The number of rotatable bonds is 4. The first-order chi connectivity index (χ1) is 5.43. The Hall–Kier alpha value is -0.0969. The molecule has 1 rings (SSSR count). The monoisotopic (exact) mass is 362 g/mol. The summed E-state index contributed by atoms with van der Waals surface area (Å²) in [5.41, 5.74) is 0. The molecule has 0 aromatic heterocycles. The molecule has 0 heterocycles. The SMILES string of the molecule is CCCCOc1ccccc1.[BiH3]. The van der Waals surface area contributed by atoms with Crippen LogP contribution in [0.1, 0.15) is 19.8 Å². The normalized spacial score (nSPS) is 8.75. The Kier molecular flexibility index (Phi) is 7.49. The van der Waals surface area contributed by atoms with Crippen LogP contribution < -0.4 is 4.74 Å². The van der Waals surface area contributed by atoms with Crippen LogP contribution in [0.15, 0.2) is 30.3 Å². The van der Waals surface area contributed by atoms with Crippen molar-refractivity contribution in [1.29, 1.82) is 0 Å². The van der Waals surface area contributed by atoms with Crippen LogP contribution in [0.5, 0.6) is 5.75 Å². The van der Waals surface area contributed by atoms with Crippen LogP contribution in [0.25, 0.3) is 0 Å². The molecule has 1 aromatic carbocycles. The summed E-state index contributed by atoms with van der Waals surface area (Å²) in [7, 11) is 0. The molecule has 0 aliphatic rings. The van der Waals surface area contributed by atoms with Gasteiger partial charge in [-0.2, -0.15) is 0 Å². The van der Waals surface area contributed by atoms with Crippen molar-refractivity contribution in [3.63, 3.8) is 0 Å². The van der Waals surface area contributed by atoms with Crippen LogP contribution in [0, 0.1) is 0 Å². The van der Waals surface area contributed by atoms with E-state index in [1.165, 1.54) is 6.42 Å². The molecule has 0 amide bonds.